The molecule has 0 spiro atoms. The summed E-state index contributed by atoms with van der Waals surface area (Å²) < 4.78 is 0. The van der Waals surface area contributed by atoms with Crippen LogP contribution in [0.4, 0.5) is 0 Å². The monoisotopic (exact) mass is 168 g/mol. The second kappa shape index (κ2) is 3.42. The highest BCUT2D eigenvalue weighted by atomic mass is 16.3. The molecule has 0 fully saturated rings. The zero-order valence-electron chi connectivity index (χ0n) is 6.36. The van der Waals surface area contributed by atoms with Gasteiger partial charge in [0, 0.05) is 6.54 Å². The number of nitrogens with one attached hydrogen (secondary N) is 1. The van der Waals surface area contributed by atoms with E-state index < -0.39 is 6.10 Å². The van der Waals surface area contributed by atoms with Crippen LogP contribution in [0.5, 0.6) is 11.5 Å². The van der Waals surface area contributed by atoms with Crippen LogP contribution in [0.25, 0.3) is 0 Å². The highest BCUT2D eigenvalue weighted by Gasteiger charge is 2.07. The van der Waals surface area contributed by atoms with E-state index in [-0.39, 0.29) is 18.0 Å². The van der Waals surface area contributed by atoms with E-state index in [1.54, 1.807) is 0 Å². The number of hydrogen-bond acceptors (Lipinski definition) is 3. The smallest absolute Gasteiger partial charge is 0.157 e. The van der Waals surface area contributed by atoms with Gasteiger partial charge in [0.1, 0.15) is 0 Å². The summed E-state index contributed by atoms with van der Waals surface area (Å²) in [7, 11) is 0. The van der Waals surface area contributed by atoms with Crippen molar-refractivity contribution in [3.05, 3.63) is 23.8 Å². The summed E-state index contributed by atoms with van der Waals surface area (Å²) >= 11 is 0. The summed E-state index contributed by atoms with van der Waals surface area (Å²) in [5.41, 5.74) is 7.31. The highest BCUT2D eigenvalue weighted by molar-refractivity contribution is 5.41. The molecule has 0 saturated carbocycles. The van der Waals surface area contributed by atoms with E-state index >= 15 is 0 Å². The Labute approximate surface area is 69.9 Å². The molecule has 1 aromatic carbocycles. The van der Waals surface area contributed by atoms with Gasteiger partial charge in [-0.15, -0.1) is 0 Å². The van der Waals surface area contributed by atoms with Crippen molar-refractivity contribution in [3.63, 3.8) is 0 Å². The van der Waals surface area contributed by atoms with Crippen LogP contribution in [0.2, 0.25) is 0 Å². The van der Waals surface area contributed by atoms with Crippen molar-refractivity contribution in [2.45, 2.75) is 6.10 Å². The van der Waals surface area contributed by atoms with Crippen LogP contribution < -0.4 is 5.73 Å². The first-order valence-electron chi connectivity index (χ1n) is 3.49. The number of aliphatic hydroxyl groups excluding tert-OH is 1. The lowest BCUT2D eigenvalue weighted by molar-refractivity contribution is 0.184. The molecule has 4 nitrogen and oxygen atoms in total. The summed E-state index contributed by atoms with van der Waals surface area (Å²) in [6.07, 6.45) is -0.906. The van der Waals surface area contributed by atoms with Crippen LogP contribution in [0.3, 0.4) is 0 Å². The van der Waals surface area contributed by atoms with E-state index in [2.05, 4.69) is 0 Å². The third kappa shape index (κ3) is 1.66. The quantitative estimate of drug-likeness (QED) is 0.559. The van der Waals surface area contributed by atoms with Crippen LogP contribution in [0.15, 0.2) is 18.2 Å². The minimum atomic E-state index is -0.906. The molecular weight excluding hydrogens is 158 g/mol. The maximum atomic E-state index is 9.16. The molecule has 0 aliphatic carbocycles. The first kappa shape index (κ1) is 8.83. The van der Waals surface area contributed by atoms with Gasteiger partial charge in [-0.2, -0.15) is 0 Å². The van der Waals surface area contributed by atoms with Gasteiger partial charge in [0.25, 0.3) is 0 Å². The second-order valence-electron chi connectivity index (χ2n) is 2.47. The normalized spacial score (nSPS) is 12.8. The molecular formula is C8H10NO3. The predicted molar refractivity (Wildman–Crippen MR) is 42.7 cm³/mol. The van der Waals surface area contributed by atoms with Gasteiger partial charge in [-0.25, -0.2) is 0 Å². The van der Waals surface area contributed by atoms with Gasteiger partial charge in [-0.3, -0.25) is 5.73 Å². The average Bonchev–Trinajstić information content (AvgIpc) is 2.08. The van der Waals surface area contributed by atoms with Gasteiger partial charge in [-0.1, -0.05) is 6.07 Å². The van der Waals surface area contributed by atoms with Crippen molar-refractivity contribution in [2.75, 3.05) is 6.54 Å². The Kier molecular flexibility index (Phi) is 2.52. The first-order chi connectivity index (χ1) is 5.65. The summed E-state index contributed by atoms with van der Waals surface area (Å²) in [5, 5.41) is 27.1. The van der Waals surface area contributed by atoms with Crippen LogP contribution in [-0.2, 0) is 0 Å². The van der Waals surface area contributed by atoms with Gasteiger partial charge in [0.05, 0.1) is 6.10 Å². The Morgan fingerprint density at radius 3 is 2.42 bits per heavy atom. The lowest BCUT2D eigenvalue weighted by Gasteiger charge is -2.07. The van der Waals surface area contributed by atoms with Gasteiger partial charge < -0.3 is 15.3 Å². The van der Waals surface area contributed by atoms with E-state index in [0.29, 0.717) is 5.56 Å². The SMILES string of the molecule is [NH]CC(O)c1ccc(O)c(O)c1. The lowest BCUT2D eigenvalue weighted by Crippen LogP contribution is -2.03. The van der Waals surface area contributed by atoms with E-state index in [1.807, 2.05) is 0 Å². The van der Waals surface area contributed by atoms with Crippen molar-refractivity contribution in [1.82, 2.24) is 5.73 Å². The zero-order valence-corrected chi connectivity index (χ0v) is 6.36. The molecule has 1 radical (unpaired) electrons. The van der Waals surface area contributed by atoms with Crippen molar-refractivity contribution in [2.24, 2.45) is 0 Å². The molecule has 0 saturated heterocycles. The van der Waals surface area contributed by atoms with Crippen LogP contribution in [-0.4, -0.2) is 21.9 Å². The van der Waals surface area contributed by atoms with Gasteiger partial charge in [-0.05, 0) is 17.7 Å². The highest BCUT2D eigenvalue weighted by Crippen LogP contribution is 2.27. The van der Waals surface area contributed by atoms with Crippen molar-refractivity contribution >= 4 is 0 Å². The minimum Gasteiger partial charge on any atom is -0.504 e. The number of phenols is 2. The van der Waals surface area contributed by atoms with Gasteiger partial charge >= 0.3 is 0 Å². The van der Waals surface area contributed by atoms with Gasteiger partial charge in [0.2, 0.25) is 0 Å². The van der Waals surface area contributed by atoms with Gasteiger partial charge in [0.15, 0.2) is 11.5 Å². The molecule has 0 heterocycles. The number of hydrogen-bond donors (Lipinski definition) is 3. The lowest BCUT2D eigenvalue weighted by atomic mass is 10.1. The predicted octanol–water partition coefficient (Wildman–Crippen LogP) is 0.414. The molecule has 0 amide bonds. The molecule has 1 unspecified atom stereocenters. The van der Waals surface area contributed by atoms with Crippen molar-refractivity contribution < 1.29 is 15.3 Å². The third-order valence-electron chi connectivity index (χ3n) is 1.58. The van der Waals surface area contributed by atoms with Crippen LogP contribution >= 0.6 is 0 Å². The van der Waals surface area contributed by atoms with Crippen molar-refractivity contribution in [3.8, 4) is 11.5 Å². The third-order valence-corrected chi connectivity index (χ3v) is 1.58. The number of benzene rings is 1. The fourth-order valence-electron chi connectivity index (χ4n) is 0.866. The maximum Gasteiger partial charge on any atom is 0.157 e. The van der Waals surface area contributed by atoms with E-state index in [0.717, 1.165) is 0 Å². The second-order valence-corrected chi connectivity index (χ2v) is 2.47. The van der Waals surface area contributed by atoms with E-state index in [1.165, 1.54) is 18.2 Å². The fourth-order valence-corrected chi connectivity index (χ4v) is 0.866. The summed E-state index contributed by atoms with van der Waals surface area (Å²) in [5.74, 6) is -0.504. The fraction of sp³-hybridized carbons (Fsp3) is 0.250. The summed E-state index contributed by atoms with van der Waals surface area (Å²) in [4.78, 5) is 0. The Hall–Kier alpha value is -1.26. The Bertz CT molecular complexity index is 275. The Morgan fingerprint density at radius 2 is 1.92 bits per heavy atom. The average molecular weight is 168 g/mol. The Morgan fingerprint density at radius 1 is 1.25 bits per heavy atom. The van der Waals surface area contributed by atoms with E-state index in [4.69, 9.17) is 21.1 Å². The molecule has 65 valence electrons. The molecule has 0 aromatic heterocycles. The van der Waals surface area contributed by atoms with Crippen molar-refractivity contribution in [1.29, 1.82) is 0 Å². The molecule has 12 heavy (non-hydrogen) atoms. The topological polar surface area (TPSA) is 84.5 Å². The maximum absolute atomic E-state index is 9.16. The molecule has 4 N–H and O–H groups in total. The molecule has 1 atom stereocenters. The first-order valence-corrected chi connectivity index (χ1v) is 3.49. The molecule has 4 heteroatoms. The minimum absolute atomic E-state index is 0.162. The van der Waals surface area contributed by atoms with E-state index in [9.17, 15) is 0 Å². The molecule has 1 rings (SSSR count). The molecule has 0 bridgehead atoms. The number of aromatic hydroxyl groups is 2. The standard InChI is InChI=1S/C8H10NO3/c9-4-8(12)5-1-2-6(10)7(11)3-5/h1-3,8-12H,4H2. The summed E-state index contributed by atoms with van der Waals surface area (Å²) in [6.45, 7) is -0.162. The molecule has 0 aliphatic heterocycles. The van der Waals surface area contributed by atoms with Crippen LogP contribution in [0, 0.1) is 0 Å². The zero-order chi connectivity index (χ0) is 9.14. The molecule has 0 aliphatic rings. The summed E-state index contributed by atoms with van der Waals surface area (Å²) in [6, 6.07) is 3.99. The largest absolute Gasteiger partial charge is 0.504 e. The Balaban J connectivity index is 2.96. The van der Waals surface area contributed by atoms with Crippen LogP contribution in [0.1, 0.15) is 11.7 Å². The number of rotatable bonds is 2. The number of phenolic OH excluding ortho intramolecular Hbond substituents is 2. The number of aliphatic hydroxyl groups is 1. The molecule has 1 aromatic rings.